The van der Waals surface area contributed by atoms with Gasteiger partial charge in [0.25, 0.3) is 0 Å². The molecular formula is C14H20N4S2. The molecule has 0 saturated heterocycles. The van der Waals surface area contributed by atoms with E-state index in [4.69, 9.17) is 0 Å². The summed E-state index contributed by atoms with van der Waals surface area (Å²) < 4.78 is 0. The van der Waals surface area contributed by atoms with Crippen molar-refractivity contribution in [3.8, 4) is 0 Å². The van der Waals surface area contributed by atoms with Gasteiger partial charge >= 0.3 is 0 Å². The average molecular weight is 308 g/mol. The van der Waals surface area contributed by atoms with Crippen molar-refractivity contribution in [1.82, 2.24) is 15.6 Å². The lowest BCUT2D eigenvalue weighted by molar-refractivity contribution is 0.697. The molecule has 2 aromatic rings. The Morgan fingerprint density at radius 3 is 2.80 bits per heavy atom. The smallest absolute Gasteiger partial charge is 0.191 e. The van der Waals surface area contributed by atoms with Crippen molar-refractivity contribution in [3.05, 3.63) is 38.0 Å². The Balaban J connectivity index is 1.91. The van der Waals surface area contributed by atoms with Crippen molar-refractivity contribution in [2.24, 2.45) is 4.99 Å². The molecule has 0 spiro atoms. The summed E-state index contributed by atoms with van der Waals surface area (Å²) in [4.78, 5) is 11.3. The number of hydrogen-bond acceptors (Lipinski definition) is 4. The summed E-state index contributed by atoms with van der Waals surface area (Å²) in [6.07, 6.45) is 0. The summed E-state index contributed by atoms with van der Waals surface area (Å²) in [5.41, 5.74) is 1.10. The molecule has 0 fully saturated rings. The van der Waals surface area contributed by atoms with E-state index in [1.807, 2.05) is 13.8 Å². The molecule has 1 atom stereocenters. The summed E-state index contributed by atoms with van der Waals surface area (Å²) in [6, 6.07) is 4.45. The van der Waals surface area contributed by atoms with Crippen LogP contribution in [0.15, 0.2) is 22.5 Å². The van der Waals surface area contributed by atoms with Gasteiger partial charge in [-0.1, -0.05) is 6.07 Å². The Bertz CT molecular complexity index is 572. The van der Waals surface area contributed by atoms with Crippen LogP contribution in [0, 0.1) is 13.8 Å². The van der Waals surface area contributed by atoms with E-state index in [0.29, 0.717) is 0 Å². The molecule has 1 unspecified atom stereocenters. The molecular weight excluding hydrogens is 288 g/mol. The van der Waals surface area contributed by atoms with Gasteiger partial charge in [-0.25, -0.2) is 4.98 Å². The fraction of sp³-hybridized carbons (Fsp3) is 0.429. The summed E-state index contributed by atoms with van der Waals surface area (Å²) in [6.45, 7) is 6.98. The summed E-state index contributed by atoms with van der Waals surface area (Å²) in [5, 5.41) is 9.94. The fourth-order valence-electron chi connectivity index (χ4n) is 1.91. The molecule has 0 aliphatic rings. The molecule has 0 aliphatic carbocycles. The van der Waals surface area contributed by atoms with Crippen molar-refractivity contribution in [2.45, 2.75) is 33.4 Å². The molecule has 2 heterocycles. The van der Waals surface area contributed by atoms with Crippen LogP contribution < -0.4 is 10.6 Å². The second kappa shape index (κ2) is 6.85. The number of guanidine groups is 1. The highest BCUT2D eigenvalue weighted by Crippen LogP contribution is 2.18. The third-order valence-corrected chi connectivity index (χ3v) is 5.09. The second-order valence-corrected chi connectivity index (χ2v) is 6.82. The number of aromatic nitrogens is 1. The SMILES string of the molecule is CN=C(NCc1sc(C)nc1C)NC(C)c1cccs1. The minimum atomic E-state index is 0.255. The van der Waals surface area contributed by atoms with E-state index < -0.39 is 0 Å². The van der Waals surface area contributed by atoms with E-state index >= 15 is 0 Å². The van der Waals surface area contributed by atoms with Gasteiger partial charge < -0.3 is 10.6 Å². The second-order valence-electron chi connectivity index (χ2n) is 4.55. The number of thiazole rings is 1. The molecule has 6 heteroatoms. The lowest BCUT2D eigenvalue weighted by Crippen LogP contribution is -2.38. The van der Waals surface area contributed by atoms with Crippen LogP contribution >= 0.6 is 22.7 Å². The van der Waals surface area contributed by atoms with Crippen molar-refractivity contribution in [1.29, 1.82) is 0 Å². The quantitative estimate of drug-likeness (QED) is 0.673. The molecule has 0 bridgehead atoms. The van der Waals surface area contributed by atoms with Crippen LogP contribution in [0.2, 0.25) is 0 Å². The zero-order valence-corrected chi connectivity index (χ0v) is 13.9. The number of thiophene rings is 1. The molecule has 4 nitrogen and oxygen atoms in total. The zero-order chi connectivity index (χ0) is 14.5. The van der Waals surface area contributed by atoms with Gasteiger partial charge in [-0.05, 0) is 32.2 Å². The van der Waals surface area contributed by atoms with Crippen molar-refractivity contribution in [2.75, 3.05) is 7.05 Å². The van der Waals surface area contributed by atoms with Crippen molar-refractivity contribution < 1.29 is 0 Å². The van der Waals surface area contributed by atoms with Crippen LogP contribution in [0.5, 0.6) is 0 Å². The minimum absolute atomic E-state index is 0.255. The first-order valence-corrected chi connectivity index (χ1v) is 8.23. The van der Waals surface area contributed by atoms with Gasteiger partial charge in [-0.3, -0.25) is 4.99 Å². The predicted molar refractivity (Wildman–Crippen MR) is 87.7 cm³/mol. The average Bonchev–Trinajstić information content (AvgIpc) is 3.04. The maximum atomic E-state index is 4.44. The first-order chi connectivity index (χ1) is 9.60. The molecule has 2 aromatic heterocycles. The first-order valence-electron chi connectivity index (χ1n) is 6.53. The Morgan fingerprint density at radius 2 is 2.25 bits per heavy atom. The number of rotatable bonds is 4. The lowest BCUT2D eigenvalue weighted by atomic mass is 10.3. The van der Waals surface area contributed by atoms with Gasteiger partial charge in [0.15, 0.2) is 5.96 Å². The van der Waals surface area contributed by atoms with Crippen LogP contribution in [-0.2, 0) is 6.54 Å². The third kappa shape index (κ3) is 3.80. The van der Waals surface area contributed by atoms with Gasteiger partial charge in [0, 0.05) is 16.8 Å². The highest BCUT2D eigenvalue weighted by atomic mass is 32.1. The monoisotopic (exact) mass is 308 g/mol. The van der Waals surface area contributed by atoms with Crippen LogP contribution in [0.3, 0.4) is 0 Å². The summed E-state index contributed by atoms with van der Waals surface area (Å²) >= 11 is 3.48. The van der Waals surface area contributed by atoms with E-state index in [1.54, 1.807) is 29.7 Å². The fourth-order valence-corrected chi connectivity index (χ4v) is 3.52. The van der Waals surface area contributed by atoms with E-state index in [0.717, 1.165) is 23.2 Å². The Labute approximate surface area is 128 Å². The molecule has 0 amide bonds. The maximum absolute atomic E-state index is 4.44. The first kappa shape index (κ1) is 15.0. The van der Waals surface area contributed by atoms with E-state index in [9.17, 15) is 0 Å². The van der Waals surface area contributed by atoms with Gasteiger partial charge in [-0.2, -0.15) is 0 Å². The van der Waals surface area contributed by atoms with E-state index in [2.05, 4.69) is 45.0 Å². The van der Waals surface area contributed by atoms with E-state index in [1.165, 1.54) is 9.75 Å². The predicted octanol–water partition coefficient (Wildman–Crippen LogP) is 3.25. The van der Waals surface area contributed by atoms with E-state index in [-0.39, 0.29) is 6.04 Å². The molecule has 2 N–H and O–H groups in total. The molecule has 20 heavy (non-hydrogen) atoms. The van der Waals surface area contributed by atoms with Gasteiger partial charge in [0.1, 0.15) is 0 Å². The molecule has 0 aliphatic heterocycles. The van der Waals surface area contributed by atoms with Crippen LogP contribution in [-0.4, -0.2) is 18.0 Å². The zero-order valence-electron chi connectivity index (χ0n) is 12.2. The van der Waals surface area contributed by atoms with Gasteiger partial charge in [0.2, 0.25) is 0 Å². The number of nitrogens with one attached hydrogen (secondary N) is 2. The Morgan fingerprint density at radius 1 is 1.45 bits per heavy atom. The highest BCUT2D eigenvalue weighted by Gasteiger charge is 2.10. The molecule has 0 radical (unpaired) electrons. The topological polar surface area (TPSA) is 49.3 Å². The largest absolute Gasteiger partial charge is 0.351 e. The Kier molecular flexibility index (Phi) is 5.14. The van der Waals surface area contributed by atoms with Crippen LogP contribution in [0.1, 0.15) is 33.4 Å². The normalized spacial score (nSPS) is 13.3. The lowest BCUT2D eigenvalue weighted by Gasteiger charge is -2.16. The Hall–Kier alpha value is -1.40. The molecule has 2 rings (SSSR count). The van der Waals surface area contributed by atoms with Gasteiger partial charge in [-0.15, -0.1) is 22.7 Å². The molecule has 0 aromatic carbocycles. The standard InChI is InChI=1S/C14H20N4S2/c1-9(12-6-5-7-19-12)18-14(15-4)16-8-13-10(2)17-11(3)20-13/h5-7,9H,8H2,1-4H3,(H2,15,16,18). The number of nitrogens with zero attached hydrogens (tertiary/aromatic N) is 2. The van der Waals surface area contributed by atoms with Crippen molar-refractivity contribution >= 4 is 28.6 Å². The maximum Gasteiger partial charge on any atom is 0.191 e. The van der Waals surface area contributed by atoms with Crippen LogP contribution in [0.4, 0.5) is 0 Å². The highest BCUT2D eigenvalue weighted by molar-refractivity contribution is 7.11. The number of hydrogen-bond donors (Lipinski definition) is 2. The summed E-state index contributed by atoms with van der Waals surface area (Å²) in [5.74, 6) is 0.816. The minimum Gasteiger partial charge on any atom is -0.351 e. The molecule has 108 valence electrons. The third-order valence-electron chi connectivity index (χ3n) is 2.96. The number of aliphatic imine (C=N–C) groups is 1. The van der Waals surface area contributed by atoms with Crippen LogP contribution in [0.25, 0.3) is 0 Å². The number of aryl methyl sites for hydroxylation is 2. The summed E-state index contributed by atoms with van der Waals surface area (Å²) in [7, 11) is 1.79. The molecule has 0 saturated carbocycles. The van der Waals surface area contributed by atoms with Gasteiger partial charge in [0.05, 0.1) is 23.3 Å². The van der Waals surface area contributed by atoms with Crippen molar-refractivity contribution in [3.63, 3.8) is 0 Å².